The molecule has 0 amide bonds. The maximum atomic E-state index is 12.7. The van der Waals surface area contributed by atoms with Gasteiger partial charge in [-0.3, -0.25) is 4.90 Å². The Morgan fingerprint density at radius 3 is 2.09 bits per heavy atom. The van der Waals surface area contributed by atoms with Gasteiger partial charge >= 0.3 is 0 Å². The Labute approximate surface area is 145 Å². The second kappa shape index (κ2) is 7.13. The van der Waals surface area contributed by atoms with Gasteiger partial charge in [-0.15, -0.1) is 0 Å². The van der Waals surface area contributed by atoms with Gasteiger partial charge in [-0.25, -0.2) is 8.42 Å². The van der Waals surface area contributed by atoms with E-state index >= 15 is 0 Å². The van der Waals surface area contributed by atoms with Gasteiger partial charge in [0, 0.05) is 37.2 Å². The molecular weight excluding hydrogens is 376 g/mol. The van der Waals surface area contributed by atoms with Gasteiger partial charge in [-0.2, -0.15) is 4.31 Å². The van der Waals surface area contributed by atoms with E-state index in [1.807, 2.05) is 18.2 Å². The van der Waals surface area contributed by atoms with E-state index < -0.39 is 10.0 Å². The number of benzene rings is 2. The van der Waals surface area contributed by atoms with E-state index in [4.69, 9.17) is 0 Å². The van der Waals surface area contributed by atoms with Gasteiger partial charge in [-0.05, 0) is 29.8 Å². The molecule has 6 heteroatoms. The number of hydrogen-bond acceptors (Lipinski definition) is 3. The van der Waals surface area contributed by atoms with Crippen molar-refractivity contribution in [3.8, 4) is 0 Å². The molecule has 0 radical (unpaired) electrons. The van der Waals surface area contributed by atoms with Crippen molar-refractivity contribution in [2.24, 2.45) is 0 Å². The summed E-state index contributed by atoms with van der Waals surface area (Å²) in [5.41, 5.74) is 1.26. The minimum absolute atomic E-state index is 0.359. The first-order valence-electron chi connectivity index (χ1n) is 7.58. The maximum absolute atomic E-state index is 12.7. The van der Waals surface area contributed by atoms with E-state index in [-0.39, 0.29) is 0 Å². The molecule has 23 heavy (non-hydrogen) atoms. The summed E-state index contributed by atoms with van der Waals surface area (Å²) in [6.07, 6.45) is 0. The number of hydrogen-bond donors (Lipinski definition) is 0. The third-order valence-electron chi connectivity index (χ3n) is 4.03. The van der Waals surface area contributed by atoms with Crippen LogP contribution < -0.4 is 0 Å². The smallest absolute Gasteiger partial charge is 0.243 e. The van der Waals surface area contributed by atoms with Crippen LogP contribution in [0.4, 0.5) is 0 Å². The van der Waals surface area contributed by atoms with Gasteiger partial charge in [0.05, 0.1) is 4.90 Å². The number of sulfonamides is 1. The Morgan fingerprint density at radius 2 is 1.48 bits per heavy atom. The SMILES string of the molecule is O=S(=O)(c1ccc(Br)cc1)N1CCN(Cc2ccccc2)CC1. The van der Waals surface area contributed by atoms with Gasteiger partial charge < -0.3 is 0 Å². The number of halogens is 1. The molecule has 1 aliphatic heterocycles. The van der Waals surface area contributed by atoms with E-state index in [0.717, 1.165) is 24.1 Å². The van der Waals surface area contributed by atoms with Crippen LogP contribution in [0.15, 0.2) is 64.0 Å². The van der Waals surface area contributed by atoms with E-state index in [9.17, 15) is 8.42 Å². The molecule has 0 unspecified atom stereocenters. The van der Waals surface area contributed by atoms with Gasteiger partial charge in [0.25, 0.3) is 0 Å². The van der Waals surface area contributed by atoms with Crippen LogP contribution >= 0.6 is 15.9 Å². The molecule has 3 rings (SSSR count). The molecular formula is C17H19BrN2O2S. The minimum Gasteiger partial charge on any atom is -0.296 e. The Morgan fingerprint density at radius 1 is 0.870 bits per heavy atom. The fraction of sp³-hybridized carbons (Fsp3) is 0.294. The fourth-order valence-corrected chi connectivity index (χ4v) is 4.41. The van der Waals surface area contributed by atoms with Crippen molar-refractivity contribution in [2.75, 3.05) is 26.2 Å². The topological polar surface area (TPSA) is 40.6 Å². The molecule has 1 fully saturated rings. The van der Waals surface area contributed by atoms with Crippen molar-refractivity contribution >= 4 is 26.0 Å². The van der Waals surface area contributed by atoms with Crippen LogP contribution in [-0.4, -0.2) is 43.8 Å². The summed E-state index contributed by atoms with van der Waals surface area (Å²) in [4.78, 5) is 2.65. The zero-order valence-corrected chi connectivity index (χ0v) is 15.1. The van der Waals surface area contributed by atoms with E-state index in [1.165, 1.54) is 5.56 Å². The highest BCUT2D eigenvalue weighted by Gasteiger charge is 2.28. The molecule has 1 aliphatic rings. The van der Waals surface area contributed by atoms with Gasteiger partial charge in [0.2, 0.25) is 10.0 Å². The molecule has 0 spiro atoms. The largest absolute Gasteiger partial charge is 0.296 e. The molecule has 1 heterocycles. The van der Waals surface area contributed by atoms with Gasteiger partial charge in [-0.1, -0.05) is 46.3 Å². The van der Waals surface area contributed by atoms with Crippen molar-refractivity contribution in [1.29, 1.82) is 0 Å². The molecule has 0 atom stereocenters. The van der Waals surface area contributed by atoms with Crippen LogP contribution in [0.25, 0.3) is 0 Å². The summed E-state index contributed by atoms with van der Waals surface area (Å²) in [7, 11) is -3.39. The standard InChI is InChI=1S/C17H19BrN2O2S/c18-16-6-8-17(9-7-16)23(21,22)20-12-10-19(11-13-20)14-15-4-2-1-3-5-15/h1-9H,10-14H2. The molecule has 2 aromatic carbocycles. The van der Waals surface area contributed by atoms with Crippen molar-refractivity contribution < 1.29 is 8.42 Å². The molecule has 0 bridgehead atoms. The van der Waals surface area contributed by atoms with Gasteiger partial charge in [0.1, 0.15) is 0 Å². The molecule has 0 aromatic heterocycles. The summed E-state index contributed by atoms with van der Waals surface area (Å²) in [6, 6.07) is 17.1. The lowest BCUT2D eigenvalue weighted by atomic mass is 10.2. The Balaban J connectivity index is 1.63. The van der Waals surface area contributed by atoms with Crippen LogP contribution in [0.1, 0.15) is 5.56 Å². The molecule has 2 aromatic rings. The third kappa shape index (κ3) is 4.01. The lowest BCUT2D eigenvalue weighted by molar-refractivity contribution is 0.181. The van der Waals surface area contributed by atoms with Crippen LogP contribution in [0.3, 0.4) is 0 Å². The first-order valence-corrected chi connectivity index (χ1v) is 9.81. The summed E-state index contributed by atoms with van der Waals surface area (Å²) in [6.45, 7) is 3.44. The normalized spacial score (nSPS) is 17.3. The lowest BCUT2D eigenvalue weighted by Crippen LogP contribution is -2.48. The molecule has 1 saturated heterocycles. The molecule has 4 nitrogen and oxygen atoms in total. The fourth-order valence-electron chi connectivity index (χ4n) is 2.73. The highest BCUT2D eigenvalue weighted by atomic mass is 79.9. The first-order chi connectivity index (χ1) is 11.1. The summed E-state index contributed by atoms with van der Waals surface area (Å²) in [5.74, 6) is 0. The number of nitrogens with zero attached hydrogens (tertiary/aromatic N) is 2. The van der Waals surface area contributed by atoms with Crippen LogP contribution in [0, 0.1) is 0 Å². The van der Waals surface area contributed by atoms with E-state index in [0.29, 0.717) is 18.0 Å². The summed E-state index contributed by atoms with van der Waals surface area (Å²) < 4.78 is 27.8. The second-order valence-electron chi connectivity index (χ2n) is 5.62. The van der Waals surface area contributed by atoms with Crippen LogP contribution in [0.2, 0.25) is 0 Å². The molecule has 122 valence electrons. The van der Waals surface area contributed by atoms with Crippen LogP contribution in [-0.2, 0) is 16.6 Å². The predicted molar refractivity (Wildman–Crippen MR) is 94.6 cm³/mol. The zero-order valence-electron chi connectivity index (χ0n) is 12.7. The molecule has 0 saturated carbocycles. The first kappa shape index (κ1) is 16.6. The Hall–Kier alpha value is -1.21. The second-order valence-corrected chi connectivity index (χ2v) is 8.47. The van der Waals surface area contributed by atoms with Crippen molar-refractivity contribution in [3.05, 3.63) is 64.6 Å². The zero-order chi connectivity index (χ0) is 16.3. The average Bonchev–Trinajstić information content (AvgIpc) is 2.57. The maximum Gasteiger partial charge on any atom is 0.243 e. The predicted octanol–water partition coefficient (Wildman–Crippen LogP) is 2.96. The van der Waals surface area contributed by atoms with Crippen LogP contribution in [0.5, 0.6) is 0 Å². The number of rotatable bonds is 4. The summed E-state index contributed by atoms with van der Waals surface area (Å²) >= 11 is 3.33. The lowest BCUT2D eigenvalue weighted by Gasteiger charge is -2.34. The van der Waals surface area contributed by atoms with Crippen molar-refractivity contribution in [2.45, 2.75) is 11.4 Å². The Kier molecular flexibility index (Phi) is 5.16. The minimum atomic E-state index is -3.39. The molecule has 0 aliphatic carbocycles. The highest BCUT2D eigenvalue weighted by Crippen LogP contribution is 2.20. The molecule has 0 N–H and O–H groups in total. The Bertz CT molecular complexity index is 740. The quantitative estimate of drug-likeness (QED) is 0.800. The summed E-state index contributed by atoms with van der Waals surface area (Å²) in [5, 5.41) is 0. The monoisotopic (exact) mass is 394 g/mol. The van der Waals surface area contributed by atoms with E-state index in [2.05, 4.69) is 33.0 Å². The van der Waals surface area contributed by atoms with Crippen molar-refractivity contribution in [3.63, 3.8) is 0 Å². The third-order valence-corrected chi connectivity index (χ3v) is 6.47. The van der Waals surface area contributed by atoms with Crippen molar-refractivity contribution in [1.82, 2.24) is 9.21 Å². The van der Waals surface area contributed by atoms with Gasteiger partial charge in [0.15, 0.2) is 0 Å². The van der Waals surface area contributed by atoms with E-state index in [1.54, 1.807) is 28.6 Å². The number of piperazine rings is 1. The highest BCUT2D eigenvalue weighted by molar-refractivity contribution is 9.10. The average molecular weight is 395 g/mol.